The quantitative estimate of drug-likeness (QED) is 0.893. The highest BCUT2D eigenvalue weighted by Crippen LogP contribution is 2.30. The summed E-state index contributed by atoms with van der Waals surface area (Å²) in [6, 6.07) is 6.33. The second-order valence-electron chi connectivity index (χ2n) is 5.66. The number of nitrogens with one attached hydrogen (secondary N) is 1. The summed E-state index contributed by atoms with van der Waals surface area (Å²) in [6.45, 7) is 2.81. The van der Waals surface area contributed by atoms with Crippen molar-refractivity contribution in [3.05, 3.63) is 29.3 Å². The lowest BCUT2D eigenvalue weighted by Gasteiger charge is -2.26. The van der Waals surface area contributed by atoms with Crippen LogP contribution in [0.3, 0.4) is 0 Å². The zero-order valence-corrected chi connectivity index (χ0v) is 14.3. The predicted octanol–water partition coefficient (Wildman–Crippen LogP) is 2.12. The third-order valence-corrected chi connectivity index (χ3v) is 4.21. The number of para-hydroxylation sites is 1. The number of methoxy groups -OCH3 is 1. The smallest absolute Gasteiger partial charge is 0.318 e. The lowest BCUT2D eigenvalue weighted by molar-refractivity contribution is -0.120. The fourth-order valence-corrected chi connectivity index (χ4v) is 2.92. The van der Waals surface area contributed by atoms with Crippen LogP contribution in [0.15, 0.2) is 24.3 Å². The van der Waals surface area contributed by atoms with Crippen LogP contribution in [-0.4, -0.2) is 56.2 Å². The molecule has 126 valence electrons. The van der Waals surface area contributed by atoms with Crippen LogP contribution in [0.1, 0.15) is 13.3 Å². The Morgan fingerprint density at radius 1 is 1.52 bits per heavy atom. The van der Waals surface area contributed by atoms with Crippen molar-refractivity contribution in [2.24, 2.45) is 0 Å². The Morgan fingerprint density at radius 2 is 2.22 bits per heavy atom. The summed E-state index contributed by atoms with van der Waals surface area (Å²) in [5.41, 5.74) is 0.684. The first-order valence-corrected chi connectivity index (χ1v) is 7.91. The molecule has 2 atom stereocenters. The van der Waals surface area contributed by atoms with Crippen LogP contribution in [0, 0.1) is 0 Å². The van der Waals surface area contributed by atoms with Gasteiger partial charge in [-0.1, -0.05) is 23.7 Å². The number of hydrogen-bond donors (Lipinski definition) is 1. The van der Waals surface area contributed by atoms with Gasteiger partial charge >= 0.3 is 6.03 Å². The predicted molar refractivity (Wildman–Crippen MR) is 89.8 cm³/mol. The number of amides is 3. The standard InChI is InChI=1S/C16H22ClN3O3/c1-11(10-23-3)18-16(22)19(2)14-8-9-20(15(14)21)13-7-5-4-6-12(13)17/h4-7,11,14H,8-10H2,1-3H3,(H,18,22)/t11-,14-/m1/s1. The molecule has 6 nitrogen and oxygen atoms in total. The second-order valence-corrected chi connectivity index (χ2v) is 6.07. The highest BCUT2D eigenvalue weighted by atomic mass is 35.5. The maximum atomic E-state index is 12.6. The van der Waals surface area contributed by atoms with Crippen LogP contribution in [0.25, 0.3) is 0 Å². The molecule has 2 rings (SSSR count). The molecule has 0 unspecified atom stereocenters. The number of carbonyl (C=O) groups excluding carboxylic acids is 2. The molecular weight excluding hydrogens is 318 g/mol. The monoisotopic (exact) mass is 339 g/mol. The van der Waals surface area contributed by atoms with E-state index < -0.39 is 6.04 Å². The van der Waals surface area contributed by atoms with Gasteiger partial charge in [-0.15, -0.1) is 0 Å². The van der Waals surface area contributed by atoms with Gasteiger partial charge in [0.05, 0.1) is 23.4 Å². The third kappa shape index (κ3) is 3.95. The number of anilines is 1. The minimum absolute atomic E-state index is 0.116. The van der Waals surface area contributed by atoms with E-state index in [1.807, 2.05) is 25.1 Å². The molecule has 7 heteroatoms. The Balaban J connectivity index is 2.04. The van der Waals surface area contributed by atoms with Crippen LogP contribution in [0.5, 0.6) is 0 Å². The van der Waals surface area contributed by atoms with E-state index in [1.165, 1.54) is 4.90 Å². The second kappa shape index (κ2) is 7.66. The minimum atomic E-state index is -0.485. The molecule has 0 aromatic heterocycles. The van der Waals surface area contributed by atoms with E-state index in [9.17, 15) is 9.59 Å². The number of rotatable bonds is 5. The summed E-state index contributed by atoms with van der Waals surface area (Å²) in [7, 11) is 3.21. The van der Waals surface area contributed by atoms with Gasteiger partial charge in [0.1, 0.15) is 6.04 Å². The summed E-state index contributed by atoms with van der Waals surface area (Å²) < 4.78 is 5.00. The van der Waals surface area contributed by atoms with Crippen LogP contribution in [0.4, 0.5) is 10.5 Å². The van der Waals surface area contributed by atoms with Crippen molar-refractivity contribution in [2.75, 3.05) is 32.2 Å². The normalized spacial score (nSPS) is 18.9. The van der Waals surface area contributed by atoms with Gasteiger partial charge in [-0.05, 0) is 25.5 Å². The molecule has 1 N–H and O–H groups in total. The molecule has 1 aliphatic heterocycles. The van der Waals surface area contributed by atoms with Crippen LogP contribution >= 0.6 is 11.6 Å². The summed E-state index contributed by atoms with van der Waals surface area (Å²) >= 11 is 6.16. The molecule has 0 radical (unpaired) electrons. The number of ether oxygens (including phenoxy) is 1. The molecule has 0 aliphatic carbocycles. The van der Waals surface area contributed by atoms with Gasteiger partial charge in [0.2, 0.25) is 5.91 Å². The number of benzene rings is 1. The molecule has 1 aromatic rings. The van der Waals surface area contributed by atoms with Gasteiger partial charge in [-0.2, -0.15) is 0 Å². The number of urea groups is 1. The van der Waals surface area contributed by atoms with Crippen molar-refractivity contribution in [1.29, 1.82) is 0 Å². The van der Waals surface area contributed by atoms with Crippen molar-refractivity contribution in [2.45, 2.75) is 25.4 Å². The van der Waals surface area contributed by atoms with Crippen LogP contribution in [0.2, 0.25) is 5.02 Å². The number of halogens is 1. The Hall–Kier alpha value is -1.79. The lowest BCUT2D eigenvalue weighted by atomic mass is 10.2. The van der Waals surface area contributed by atoms with E-state index >= 15 is 0 Å². The molecule has 23 heavy (non-hydrogen) atoms. The fourth-order valence-electron chi connectivity index (χ4n) is 2.68. The molecule has 1 aliphatic rings. The maximum absolute atomic E-state index is 12.6. The van der Waals surface area contributed by atoms with Crippen molar-refractivity contribution >= 4 is 29.2 Å². The first-order chi connectivity index (χ1) is 11.0. The van der Waals surface area contributed by atoms with E-state index in [2.05, 4.69) is 5.32 Å². The van der Waals surface area contributed by atoms with Gasteiger partial charge in [0, 0.05) is 20.7 Å². The Kier molecular flexibility index (Phi) is 5.85. The number of hydrogen-bond acceptors (Lipinski definition) is 3. The highest BCUT2D eigenvalue weighted by molar-refractivity contribution is 6.34. The number of carbonyl (C=O) groups is 2. The third-order valence-electron chi connectivity index (χ3n) is 3.89. The molecule has 0 saturated carbocycles. The average Bonchev–Trinajstić information content (AvgIpc) is 2.88. The van der Waals surface area contributed by atoms with E-state index in [0.29, 0.717) is 30.3 Å². The minimum Gasteiger partial charge on any atom is -0.383 e. The summed E-state index contributed by atoms with van der Waals surface area (Å²) in [4.78, 5) is 28.0. The maximum Gasteiger partial charge on any atom is 0.318 e. The Morgan fingerprint density at radius 3 is 2.87 bits per heavy atom. The van der Waals surface area contributed by atoms with Gasteiger partial charge in [0.25, 0.3) is 0 Å². The largest absolute Gasteiger partial charge is 0.383 e. The number of nitrogens with zero attached hydrogens (tertiary/aromatic N) is 2. The fraction of sp³-hybridized carbons (Fsp3) is 0.500. The molecule has 0 bridgehead atoms. The first-order valence-electron chi connectivity index (χ1n) is 7.54. The van der Waals surface area contributed by atoms with E-state index in [4.69, 9.17) is 16.3 Å². The van der Waals surface area contributed by atoms with Gasteiger partial charge in [-0.25, -0.2) is 4.79 Å². The molecule has 1 aromatic carbocycles. The van der Waals surface area contributed by atoms with Crippen molar-refractivity contribution in [1.82, 2.24) is 10.2 Å². The van der Waals surface area contributed by atoms with Crippen LogP contribution < -0.4 is 10.2 Å². The summed E-state index contributed by atoms with van der Waals surface area (Å²) in [6.07, 6.45) is 0.576. The zero-order valence-electron chi connectivity index (χ0n) is 13.6. The Bertz CT molecular complexity index is 581. The summed E-state index contributed by atoms with van der Waals surface area (Å²) in [5, 5.41) is 3.34. The van der Waals surface area contributed by atoms with Crippen LogP contribution in [-0.2, 0) is 9.53 Å². The molecule has 0 spiro atoms. The van der Waals surface area contributed by atoms with E-state index in [-0.39, 0.29) is 18.0 Å². The van der Waals surface area contributed by atoms with Crippen molar-refractivity contribution in [3.63, 3.8) is 0 Å². The molecule has 1 heterocycles. The molecule has 1 fully saturated rings. The topological polar surface area (TPSA) is 61.9 Å². The lowest BCUT2D eigenvalue weighted by Crippen LogP contribution is -2.50. The molecular formula is C16H22ClN3O3. The SMILES string of the molecule is COC[C@@H](C)NC(=O)N(C)[C@@H]1CCN(c2ccccc2Cl)C1=O. The first kappa shape index (κ1) is 17.6. The van der Waals surface area contributed by atoms with Crippen molar-refractivity contribution < 1.29 is 14.3 Å². The van der Waals surface area contributed by atoms with E-state index in [1.54, 1.807) is 25.1 Å². The summed E-state index contributed by atoms with van der Waals surface area (Å²) in [5.74, 6) is -0.116. The highest BCUT2D eigenvalue weighted by Gasteiger charge is 2.37. The molecule has 1 saturated heterocycles. The molecule has 3 amide bonds. The van der Waals surface area contributed by atoms with Gasteiger partial charge in [-0.3, -0.25) is 4.79 Å². The zero-order chi connectivity index (χ0) is 17.0. The number of likely N-dealkylation sites (N-methyl/N-ethyl adjacent to an activating group) is 1. The average molecular weight is 340 g/mol. The van der Waals surface area contributed by atoms with Gasteiger partial charge in [0.15, 0.2) is 0 Å². The van der Waals surface area contributed by atoms with E-state index in [0.717, 1.165) is 0 Å². The van der Waals surface area contributed by atoms with Gasteiger partial charge < -0.3 is 19.9 Å². The van der Waals surface area contributed by atoms with Crippen molar-refractivity contribution in [3.8, 4) is 0 Å². The Labute approximate surface area is 141 Å².